The van der Waals surface area contributed by atoms with Crippen LogP contribution in [0.25, 0.3) is 43.9 Å². The minimum Gasteiger partial charge on any atom is -0.490 e. The minimum atomic E-state index is -2.48. The molecule has 1 aliphatic heterocycles. The molecule has 2 aromatic carbocycles. The van der Waals surface area contributed by atoms with Crippen LogP contribution in [0.15, 0.2) is 66.6 Å². The monoisotopic (exact) mass is 662 g/mol. The molecule has 0 unspecified atom stereocenters. The summed E-state index contributed by atoms with van der Waals surface area (Å²) in [6.07, 6.45) is 1.30. The van der Waals surface area contributed by atoms with Crippen LogP contribution >= 0.6 is 18.5 Å². The first-order valence-electron chi connectivity index (χ1n) is 14.7. The van der Waals surface area contributed by atoms with E-state index in [1.807, 2.05) is 53.4 Å². The number of halogens is 2. The lowest BCUT2D eigenvalue weighted by Gasteiger charge is -2.33. The molecule has 1 aliphatic rings. The zero-order valence-electron chi connectivity index (χ0n) is 25.9. The molecule has 46 heavy (non-hydrogen) atoms. The van der Waals surface area contributed by atoms with Crippen molar-refractivity contribution in [1.82, 2.24) is 19.7 Å². The Morgan fingerprint density at radius 2 is 1.87 bits per heavy atom. The van der Waals surface area contributed by atoms with E-state index in [4.69, 9.17) is 19.6 Å². The molecule has 0 radical (unpaired) electrons. The molecule has 8 nitrogen and oxygen atoms in total. The van der Waals surface area contributed by atoms with Crippen molar-refractivity contribution in [2.45, 2.75) is 26.1 Å². The average Bonchev–Trinajstić information content (AvgIpc) is 3.67. The van der Waals surface area contributed by atoms with Gasteiger partial charge in [0.1, 0.15) is 42.5 Å². The number of amides is 1. The van der Waals surface area contributed by atoms with Crippen LogP contribution in [0, 0.1) is 11.6 Å². The number of carbonyl (C=O) groups excluding carboxylic acids is 1. The fraction of sp³-hybridized carbons (Fsp3) is 0.265. The summed E-state index contributed by atoms with van der Waals surface area (Å²) in [4.78, 5) is 19.4. The maximum Gasteiger partial charge on any atom is 0.246 e. The minimum absolute atomic E-state index is 0.0198. The van der Waals surface area contributed by atoms with Crippen molar-refractivity contribution >= 4 is 39.8 Å². The van der Waals surface area contributed by atoms with Crippen molar-refractivity contribution in [3.8, 4) is 39.5 Å². The second kappa shape index (κ2) is 12.5. The number of hydrogen-bond donors (Lipinski definition) is 0. The Hall–Kier alpha value is -4.18. The van der Waals surface area contributed by atoms with Gasteiger partial charge < -0.3 is 18.9 Å². The third-order valence-corrected chi connectivity index (χ3v) is 10.5. The molecule has 0 aliphatic carbocycles. The predicted octanol–water partition coefficient (Wildman–Crippen LogP) is 6.96. The van der Waals surface area contributed by atoms with Crippen LogP contribution in [0.3, 0.4) is 0 Å². The van der Waals surface area contributed by atoms with Gasteiger partial charge in [-0.3, -0.25) is 9.48 Å². The number of fused-ring (bicyclic) bond motifs is 2. The second-order valence-corrected chi connectivity index (χ2v) is 15.7. The number of carbonyl (C=O) groups is 1. The summed E-state index contributed by atoms with van der Waals surface area (Å²) >= 11 is 1.40. The third kappa shape index (κ3) is 5.90. The normalized spacial score (nSPS) is 14.8. The molecular formula is C34H33F2N4O4PS. The highest BCUT2D eigenvalue weighted by Gasteiger charge is 2.30. The molecule has 0 bridgehead atoms. The summed E-state index contributed by atoms with van der Waals surface area (Å²) in [7, 11) is -0.964. The SMILES string of the molecule is C=CC(=O)N1Cc2cc(-c3nc(-c4ccc(P(C)(C)=O)cc4)c4ccsc4c3-c3c(F)cc(F)cc3OCCOC)nn2C[C@H]1C. The molecule has 0 spiro atoms. The highest BCUT2D eigenvalue weighted by atomic mass is 32.1. The van der Waals surface area contributed by atoms with Gasteiger partial charge in [0.2, 0.25) is 5.91 Å². The van der Waals surface area contributed by atoms with Crippen LogP contribution in [0.5, 0.6) is 5.75 Å². The molecule has 6 rings (SSSR count). The number of rotatable bonds is 9. The molecule has 12 heteroatoms. The van der Waals surface area contributed by atoms with Crippen molar-refractivity contribution in [1.29, 1.82) is 0 Å². The highest BCUT2D eigenvalue weighted by Crippen LogP contribution is 2.47. The van der Waals surface area contributed by atoms with Gasteiger partial charge in [-0.15, -0.1) is 11.3 Å². The average molecular weight is 663 g/mol. The van der Waals surface area contributed by atoms with E-state index >= 15 is 4.39 Å². The molecule has 1 atom stereocenters. The van der Waals surface area contributed by atoms with Crippen LogP contribution in [0.1, 0.15) is 12.6 Å². The van der Waals surface area contributed by atoms with E-state index in [-0.39, 0.29) is 36.5 Å². The Balaban J connectivity index is 1.61. The lowest BCUT2D eigenvalue weighted by molar-refractivity contribution is -0.129. The smallest absolute Gasteiger partial charge is 0.246 e. The Labute approximate surface area is 269 Å². The molecular weight excluding hydrogens is 629 g/mol. The van der Waals surface area contributed by atoms with Gasteiger partial charge in [-0.25, -0.2) is 13.8 Å². The summed E-state index contributed by atoms with van der Waals surface area (Å²) in [5.41, 5.74) is 3.53. The zero-order chi connectivity index (χ0) is 32.7. The quantitative estimate of drug-likeness (QED) is 0.0964. The molecule has 238 valence electrons. The fourth-order valence-corrected chi connectivity index (χ4v) is 7.55. The standard InChI is InChI=1S/C34H33F2N4O4PS/c1-6-29(41)39-19-23-17-27(38-40(23)18-20(39)2)33-31(30-26(36)15-22(35)16-28(30)44-13-12-43-3)34-25(11-14-46-34)32(37-33)21-7-9-24(10-8-21)45(4,5)42/h6-11,14-17,20H,1,12-13,18-19H2,2-5H3/t20-/m1/s1. The lowest BCUT2D eigenvalue weighted by atomic mass is 9.96. The molecule has 0 fully saturated rings. The van der Waals surface area contributed by atoms with Gasteiger partial charge in [0.05, 0.1) is 36.6 Å². The molecule has 0 saturated heterocycles. The van der Waals surface area contributed by atoms with E-state index in [0.717, 1.165) is 34.1 Å². The first-order chi connectivity index (χ1) is 22.0. The Kier molecular flexibility index (Phi) is 8.67. The highest BCUT2D eigenvalue weighted by molar-refractivity contribution is 7.70. The maximum atomic E-state index is 16.0. The van der Waals surface area contributed by atoms with Crippen LogP contribution in [0.2, 0.25) is 0 Å². The zero-order valence-corrected chi connectivity index (χ0v) is 27.6. The van der Waals surface area contributed by atoms with Crippen molar-refractivity contribution in [3.05, 3.63) is 83.9 Å². The number of nitrogens with zero attached hydrogens (tertiary/aromatic N) is 4. The molecule has 5 aromatic rings. The number of aromatic nitrogens is 3. The first kappa shape index (κ1) is 31.8. The second-order valence-electron chi connectivity index (χ2n) is 11.6. The summed E-state index contributed by atoms with van der Waals surface area (Å²) in [6.45, 7) is 10.1. The number of thiophene rings is 1. The van der Waals surface area contributed by atoms with Crippen molar-refractivity contribution < 1.29 is 27.6 Å². The van der Waals surface area contributed by atoms with Gasteiger partial charge in [0.25, 0.3) is 0 Å². The van der Waals surface area contributed by atoms with E-state index in [1.54, 1.807) is 18.2 Å². The van der Waals surface area contributed by atoms with E-state index in [9.17, 15) is 13.8 Å². The van der Waals surface area contributed by atoms with Crippen LogP contribution in [-0.2, 0) is 27.2 Å². The van der Waals surface area contributed by atoms with Gasteiger partial charge in [0.15, 0.2) is 0 Å². The molecule has 1 amide bonds. The Bertz CT molecular complexity index is 2020. The Morgan fingerprint density at radius 1 is 1.11 bits per heavy atom. The van der Waals surface area contributed by atoms with E-state index in [0.29, 0.717) is 40.4 Å². The number of benzene rings is 2. The van der Waals surface area contributed by atoms with Gasteiger partial charge in [-0.05, 0) is 43.8 Å². The van der Waals surface area contributed by atoms with Gasteiger partial charge >= 0.3 is 0 Å². The van der Waals surface area contributed by atoms with E-state index in [1.165, 1.54) is 24.5 Å². The van der Waals surface area contributed by atoms with E-state index in [2.05, 4.69) is 6.58 Å². The molecule has 4 heterocycles. The van der Waals surface area contributed by atoms with Gasteiger partial charge in [-0.2, -0.15) is 5.10 Å². The van der Waals surface area contributed by atoms with Gasteiger partial charge in [-0.1, -0.05) is 30.8 Å². The molecule has 3 aromatic heterocycles. The van der Waals surface area contributed by atoms with Crippen LogP contribution in [-0.4, -0.2) is 65.3 Å². The summed E-state index contributed by atoms with van der Waals surface area (Å²) in [6, 6.07) is 13.1. The number of methoxy groups -OCH3 is 1. The first-order valence-corrected chi connectivity index (χ1v) is 18.2. The van der Waals surface area contributed by atoms with Crippen LogP contribution in [0.4, 0.5) is 8.78 Å². The van der Waals surface area contributed by atoms with E-state index < -0.39 is 18.8 Å². The van der Waals surface area contributed by atoms with Crippen molar-refractivity contribution in [3.63, 3.8) is 0 Å². The summed E-state index contributed by atoms with van der Waals surface area (Å²) < 4.78 is 56.9. The van der Waals surface area contributed by atoms with Crippen LogP contribution < -0.4 is 10.0 Å². The number of ether oxygens (including phenoxy) is 2. The van der Waals surface area contributed by atoms with Crippen molar-refractivity contribution in [2.24, 2.45) is 0 Å². The van der Waals surface area contributed by atoms with Gasteiger partial charge in [0, 0.05) is 51.8 Å². The predicted molar refractivity (Wildman–Crippen MR) is 178 cm³/mol. The topological polar surface area (TPSA) is 86.6 Å². The molecule has 0 saturated carbocycles. The number of pyridine rings is 1. The van der Waals surface area contributed by atoms with Crippen molar-refractivity contribution in [2.75, 3.05) is 33.7 Å². The lowest BCUT2D eigenvalue weighted by Crippen LogP contribution is -2.44. The third-order valence-electron chi connectivity index (χ3n) is 8.05. The molecule has 0 N–H and O–H groups in total. The largest absolute Gasteiger partial charge is 0.490 e. The fourth-order valence-electron chi connectivity index (χ4n) is 5.73. The summed E-state index contributed by atoms with van der Waals surface area (Å²) in [5.74, 6) is -1.73. The maximum absolute atomic E-state index is 16.0. The summed E-state index contributed by atoms with van der Waals surface area (Å²) in [5, 5.41) is 8.31. The Morgan fingerprint density at radius 3 is 2.57 bits per heavy atom. The number of hydrogen-bond acceptors (Lipinski definition) is 7.